The predicted molar refractivity (Wildman–Crippen MR) is 78.1 cm³/mol. The van der Waals surface area contributed by atoms with Crippen LogP contribution in [0.2, 0.25) is 0 Å². The molecule has 0 saturated carbocycles. The average molecular weight is 324 g/mol. The fourth-order valence-electron chi connectivity index (χ4n) is 1.92. The Morgan fingerprint density at radius 2 is 2.16 bits per heavy atom. The van der Waals surface area contributed by atoms with Gasteiger partial charge in [-0.25, -0.2) is 0 Å². The number of nitrogens with zero attached hydrogens (tertiary/aromatic N) is 2. The monoisotopic (exact) mass is 323 g/mol. The summed E-state index contributed by atoms with van der Waals surface area (Å²) in [4.78, 5) is 4.44. The number of nitrogens with one attached hydrogen (secondary N) is 1. The highest BCUT2D eigenvalue weighted by Gasteiger charge is 2.12. The van der Waals surface area contributed by atoms with Gasteiger partial charge < -0.3 is 9.84 Å². The molecule has 0 aliphatic carbocycles. The Hall–Kier alpha value is -1.20. The van der Waals surface area contributed by atoms with Gasteiger partial charge in [-0.15, -0.1) is 0 Å². The maximum atomic E-state index is 5.29. The van der Waals surface area contributed by atoms with E-state index in [2.05, 4.69) is 44.4 Å². The van der Waals surface area contributed by atoms with Gasteiger partial charge in [-0.05, 0) is 25.1 Å². The van der Waals surface area contributed by atoms with E-state index in [4.69, 9.17) is 4.52 Å². The molecule has 1 aromatic carbocycles. The van der Waals surface area contributed by atoms with Crippen molar-refractivity contribution in [1.29, 1.82) is 0 Å². The van der Waals surface area contributed by atoms with Crippen molar-refractivity contribution < 1.29 is 4.52 Å². The van der Waals surface area contributed by atoms with Crippen molar-refractivity contribution in [3.05, 3.63) is 46.0 Å². The molecule has 0 fully saturated rings. The second kappa shape index (κ2) is 6.82. The van der Waals surface area contributed by atoms with Crippen LogP contribution in [-0.2, 0) is 12.8 Å². The molecule has 2 rings (SSSR count). The standard InChI is InChI=1S/C14H18BrN3O/c1-3-11(16-2)9-14-17-13(18-19-14)8-10-6-4-5-7-12(10)15/h4-7,11,16H,3,8-9H2,1-2H3. The highest BCUT2D eigenvalue weighted by atomic mass is 79.9. The van der Waals surface area contributed by atoms with E-state index in [-0.39, 0.29) is 0 Å². The van der Waals surface area contributed by atoms with Gasteiger partial charge in [-0.2, -0.15) is 4.98 Å². The van der Waals surface area contributed by atoms with Crippen LogP contribution in [0.3, 0.4) is 0 Å². The minimum Gasteiger partial charge on any atom is -0.339 e. The van der Waals surface area contributed by atoms with E-state index in [1.54, 1.807) is 0 Å². The van der Waals surface area contributed by atoms with Gasteiger partial charge in [-0.3, -0.25) is 0 Å². The molecule has 0 radical (unpaired) electrons. The number of likely N-dealkylation sites (N-methyl/N-ethyl adjacent to an activating group) is 1. The van der Waals surface area contributed by atoms with Crippen LogP contribution in [0.4, 0.5) is 0 Å². The van der Waals surface area contributed by atoms with Crippen molar-refractivity contribution in [1.82, 2.24) is 15.5 Å². The summed E-state index contributed by atoms with van der Waals surface area (Å²) in [5.41, 5.74) is 1.16. The Balaban J connectivity index is 2.03. The molecule has 1 atom stereocenters. The quantitative estimate of drug-likeness (QED) is 0.888. The van der Waals surface area contributed by atoms with E-state index >= 15 is 0 Å². The molecule has 1 N–H and O–H groups in total. The molecule has 0 aliphatic rings. The van der Waals surface area contributed by atoms with Crippen LogP contribution in [0.15, 0.2) is 33.3 Å². The summed E-state index contributed by atoms with van der Waals surface area (Å²) in [6.45, 7) is 2.14. The molecule has 1 aromatic heterocycles. The molecule has 0 aliphatic heterocycles. The van der Waals surface area contributed by atoms with Crippen molar-refractivity contribution >= 4 is 15.9 Å². The Bertz CT molecular complexity index is 523. The first-order valence-electron chi connectivity index (χ1n) is 6.45. The normalized spacial score (nSPS) is 12.6. The van der Waals surface area contributed by atoms with E-state index in [1.165, 1.54) is 0 Å². The molecular formula is C14H18BrN3O. The third-order valence-electron chi connectivity index (χ3n) is 3.14. The van der Waals surface area contributed by atoms with E-state index in [9.17, 15) is 0 Å². The number of halogens is 1. The predicted octanol–water partition coefficient (Wildman–Crippen LogP) is 2.96. The first-order chi connectivity index (χ1) is 9.22. The van der Waals surface area contributed by atoms with Crippen LogP contribution in [0.25, 0.3) is 0 Å². The molecule has 102 valence electrons. The Labute approximate surface area is 121 Å². The number of hydrogen-bond donors (Lipinski definition) is 1. The summed E-state index contributed by atoms with van der Waals surface area (Å²) < 4.78 is 6.37. The van der Waals surface area contributed by atoms with Gasteiger partial charge in [0, 0.05) is 23.4 Å². The fourth-order valence-corrected chi connectivity index (χ4v) is 2.34. The van der Waals surface area contributed by atoms with E-state index < -0.39 is 0 Å². The minimum absolute atomic E-state index is 0.386. The Morgan fingerprint density at radius 3 is 2.84 bits per heavy atom. The average Bonchev–Trinajstić information content (AvgIpc) is 2.86. The largest absolute Gasteiger partial charge is 0.339 e. The van der Waals surface area contributed by atoms with Gasteiger partial charge in [0.2, 0.25) is 5.89 Å². The summed E-state index contributed by atoms with van der Waals surface area (Å²) in [6, 6.07) is 8.47. The maximum Gasteiger partial charge on any atom is 0.228 e. The first-order valence-corrected chi connectivity index (χ1v) is 7.24. The van der Waals surface area contributed by atoms with Crippen LogP contribution in [-0.4, -0.2) is 23.2 Å². The molecular weight excluding hydrogens is 306 g/mol. The summed E-state index contributed by atoms with van der Waals surface area (Å²) in [5, 5.41) is 7.27. The molecule has 0 saturated heterocycles. The first kappa shape index (κ1) is 14.2. The fraction of sp³-hybridized carbons (Fsp3) is 0.429. The number of benzene rings is 1. The molecule has 0 spiro atoms. The highest BCUT2D eigenvalue weighted by molar-refractivity contribution is 9.10. The molecule has 2 aromatic rings. The molecule has 0 bridgehead atoms. The van der Waals surface area contributed by atoms with Gasteiger partial charge >= 0.3 is 0 Å². The summed E-state index contributed by atoms with van der Waals surface area (Å²) in [7, 11) is 1.95. The number of rotatable bonds is 6. The lowest BCUT2D eigenvalue weighted by atomic mass is 10.1. The SMILES string of the molecule is CCC(Cc1nc(Cc2ccccc2Br)no1)NC. The van der Waals surface area contributed by atoms with E-state index in [1.807, 2.05) is 25.2 Å². The highest BCUT2D eigenvalue weighted by Crippen LogP contribution is 2.18. The lowest BCUT2D eigenvalue weighted by molar-refractivity contribution is 0.355. The van der Waals surface area contributed by atoms with Crippen molar-refractivity contribution in [3.8, 4) is 0 Å². The van der Waals surface area contributed by atoms with Crippen LogP contribution in [0, 0.1) is 0 Å². The lowest BCUT2D eigenvalue weighted by Crippen LogP contribution is -2.26. The van der Waals surface area contributed by atoms with Crippen LogP contribution in [0.1, 0.15) is 30.6 Å². The third kappa shape index (κ3) is 3.88. The summed E-state index contributed by atoms with van der Waals surface area (Å²) in [6.07, 6.45) is 2.50. The Kier molecular flexibility index (Phi) is 5.10. The van der Waals surface area contributed by atoms with Crippen LogP contribution < -0.4 is 5.32 Å². The molecule has 5 heteroatoms. The van der Waals surface area contributed by atoms with Gasteiger partial charge in [0.1, 0.15) is 0 Å². The van der Waals surface area contributed by atoms with Crippen molar-refractivity contribution in [2.45, 2.75) is 32.2 Å². The van der Waals surface area contributed by atoms with Gasteiger partial charge in [0.15, 0.2) is 5.82 Å². The number of aromatic nitrogens is 2. The topological polar surface area (TPSA) is 51.0 Å². The molecule has 4 nitrogen and oxygen atoms in total. The number of hydrogen-bond acceptors (Lipinski definition) is 4. The molecule has 19 heavy (non-hydrogen) atoms. The van der Waals surface area contributed by atoms with E-state index in [0.29, 0.717) is 18.4 Å². The zero-order valence-electron chi connectivity index (χ0n) is 11.2. The minimum atomic E-state index is 0.386. The van der Waals surface area contributed by atoms with E-state index in [0.717, 1.165) is 28.7 Å². The smallest absolute Gasteiger partial charge is 0.228 e. The van der Waals surface area contributed by atoms with Gasteiger partial charge in [0.25, 0.3) is 0 Å². The lowest BCUT2D eigenvalue weighted by Gasteiger charge is -2.09. The molecule has 1 unspecified atom stereocenters. The second-order valence-corrected chi connectivity index (χ2v) is 5.32. The Morgan fingerprint density at radius 1 is 1.37 bits per heavy atom. The van der Waals surface area contributed by atoms with Crippen molar-refractivity contribution in [3.63, 3.8) is 0 Å². The third-order valence-corrected chi connectivity index (χ3v) is 3.91. The van der Waals surface area contributed by atoms with Gasteiger partial charge in [0.05, 0.1) is 0 Å². The van der Waals surface area contributed by atoms with Crippen molar-refractivity contribution in [2.75, 3.05) is 7.05 Å². The molecule has 1 heterocycles. The molecule has 0 amide bonds. The maximum absolute atomic E-state index is 5.29. The summed E-state index contributed by atoms with van der Waals surface area (Å²) in [5.74, 6) is 1.43. The second-order valence-electron chi connectivity index (χ2n) is 4.47. The zero-order valence-corrected chi connectivity index (χ0v) is 12.8. The van der Waals surface area contributed by atoms with Crippen LogP contribution in [0.5, 0.6) is 0 Å². The van der Waals surface area contributed by atoms with Gasteiger partial charge in [-0.1, -0.05) is 46.2 Å². The zero-order chi connectivity index (χ0) is 13.7. The van der Waals surface area contributed by atoms with Crippen molar-refractivity contribution in [2.24, 2.45) is 0 Å². The summed E-state index contributed by atoms with van der Waals surface area (Å²) >= 11 is 3.53. The van der Waals surface area contributed by atoms with Crippen LogP contribution >= 0.6 is 15.9 Å².